The lowest BCUT2D eigenvalue weighted by atomic mass is 10.1. The SMILES string of the molecule is Cc1ccc(Oc2ccc(C#N)cc2[N+](=O)[O-])c(C#N)c1. The third kappa shape index (κ3) is 2.96. The largest absolute Gasteiger partial charge is 0.449 e. The van der Waals surface area contributed by atoms with Crippen molar-refractivity contribution in [3.8, 4) is 23.6 Å². The van der Waals surface area contributed by atoms with E-state index in [4.69, 9.17) is 15.3 Å². The van der Waals surface area contributed by atoms with Crippen LogP contribution in [0.5, 0.6) is 11.5 Å². The van der Waals surface area contributed by atoms with Gasteiger partial charge in [-0.2, -0.15) is 10.5 Å². The number of nitrogens with zero attached hydrogens (tertiary/aromatic N) is 3. The number of nitriles is 2. The van der Waals surface area contributed by atoms with Crippen molar-refractivity contribution in [1.29, 1.82) is 10.5 Å². The van der Waals surface area contributed by atoms with Gasteiger partial charge in [-0.25, -0.2) is 0 Å². The second kappa shape index (κ2) is 5.72. The average Bonchev–Trinajstić information content (AvgIpc) is 2.49. The van der Waals surface area contributed by atoms with Crippen molar-refractivity contribution in [2.24, 2.45) is 0 Å². The smallest absolute Gasteiger partial charge is 0.312 e. The van der Waals surface area contributed by atoms with E-state index in [1.165, 1.54) is 12.1 Å². The molecule has 0 fully saturated rings. The van der Waals surface area contributed by atoms with E-state index >= 15 is 0 Å². The van der Waals surface area contributed by atoms with Crippen LogP contribution < -0.4 is 4.74 Å². The maximum Gasteiger partial charge on any atom is 0.312 e. The lowest BCUT2D eigenvalue weighted by Gasteiger charge is -2.08. The van der Waals surface area contributed by atoms with Gasteiger partial charge in [0.25, 0.3) is 0 Å². The Morgan fingerprint density at radius 2 is 1.81 bits per heavy atom. The normalized spacial score (nSPS) is 9.48. The number of benzene rings is 2. The predicted octanol–water partition coefficient (Wildman–Crippen LogP) is 3.44. The highest BCUT2D eigenvalue weighted by atomic mass is 16.6. The van der Waals surface area contributed by atoms with Crippen molar-refractivity contribution >= 4 is 5.69 Å². The monoisotopic (exact) mass is 279 g/mol. The number of hydrogen-bond acceptors (Lipinski definition) is 5. The quantitative estimate of drug-likeness (QED) is 0.632. The van der Waals surface area contributed by atoms with Crippen LogP contribution in [0, 0.1) is 39.7 Å². The van der Waals surface area contributed by atoms with Crippen LogP contribution in [0.1, 0.15) is 16.7 Å². The van der Waals surface area contributed by atoms with Crippen molar-refractivity contribution in [2.75, 3.05) is 0 Å². The number of rotatable bonds is 3. The highest BCUT2D eigenvalue weighted by molar-refractivity contribution is 5.55. The maximum absolute atomic E-state index is 11.0. The van der Waals surface area contributed by atoms with E-state index < -0.39 is 4.92 Å². The molecule has 0 aliphatic carbocycles. The number of aryl methyl sites for hydroxylation is 1. The Balaban J connectivity index is 2.48. The molecule has 0 heterocycles. The lowest BCUT2D eigenvalue weighted by Crippen LogP contribution is -1.96. The van der Waals surface area contributed by atoms with Gasteiger partial charge in [-0.15, -0.1) is 0 Å². The van der Waals surface area contributed by atoms with E-state index in [1.807, 2.05) is 19.1 Å². The van der Waals surface area contributed by atoms with Gasteiger partial charge in [0.1, 0.15) is 11.8 Å². The third-order valence-corrected chi connectivity index (χ3v) is 2.76. The summed E-state index contributed by atoms with van der Waals surface area (Å²) in [6.45, 7) is 1.83. The Morgan fingerprint density at radius 1 is 1.10 bits per heavy atom. The molecule has 21 heavy (non-hydrogen) atoms. The fraction of sp³-hybridized carbons (Fsp3) is 0.0667. The first kappa shape index (κ1) is 14.0. The summed E-state index contributed by atoms with van der Waals surface area (Å²) in [7, 11) is 0. The summed E-state index contributed by atoms with van der Waals surface area (Å²) in [4.78, 5) is 10.4. The van der Waals surface area contributed by atoms with Crippen molar-refractivity contribution in [3.63, 3.8) is 0 Å². The zero-order chi connectivity index (χ0) is 15.4. The first-order valence-electron chi connectivity index (χ1n) is 5.92. The fourth-order valence-electron chi connectivity index (χ4n) is 1.75. The molecule has 6 heteroatoms. The molecule has 0 saturated heterocycles. The molecule has 0 amide bonds. The van der Waals surface area contributed by atoms with Gasteiger partial charge in [-0.1, -0.05) is 6.07 Å². The van der Waals surface area contributed by atoms with E-state index in [9.17, 15) is 10.1 Å². The molecule has 6 nitrogen and oxygen atoms in total. The molecule has 102 valence electrons. The van der Waals surface area contributed by atoms with E-state index in [2.05, 4.69) is 0 Å². The van der Waals surface area contributed by atoms with Crippen LogP contribution in [0.3, 0.4) is 0 Å². The Hall–Kier alpha value is -3.38. The molecule has 0 bridgehead atoms. The summed E-state index contributed by atoms with van der Waals surface area (Å²) in [5.41, 5.74) is 1.01. The minimum atomic E-state index is -0.629. The Morgan fingerprint density at radius 3 is 2.43 bits per heavy atom. The van der Waals surface area contributed by atoms with E-state index in [1.54, 1.807) is 18.2 Å². The molecule has 2 rings (SSSR count). The van der Waals surface area contributed by atoms with Crippen molar-refractivity contribution in [1.82, 2.24) is 0 Å². The standard InChI is InChI=1S/C15H9N3O3/c1-10-2-4-14(12(6-10)9-17)21-15-5-3-11(8-16)7-13(15)18(19)20/h2-7H,1H3. The van der Waals surface area contributed by atoms with Gasteiger partial charge in [0.05, 0.1) is 22.1 Å². The molecule has 0 aromatic heterocycles. The molecule has 0 aliphatic heterocycles. The molecule has 2 aromatic rings. The number of hydrogen-bond donors (Lipinski definition) is 0. The van der Waals surface area contributed by atoms with Crippen molar-refractivity contribution in [3.05, 3.63) is 63.2 Å². The molecule has 0 atom stereocenters. The van der Waals surface area contributed by atoms with Crippen LogP contribution >= 0.6 is 0 Å². The third-order valence-electron chi connectivity index (χ3n) is 2.76. The molecular formula is C15H9N3O3. The number of ether oxygens (including phenoxy) is 1. The Labute approximate surface area is 120 Å². The van der Waals surface area contributed by atoms with Gasteiger partial charge in [0, 0.05) is 6.07 Å². The first-order valence-corrected chi connectivity index (χ1v) is 5.92. The molecular weight excluding hydrogens is 270 g/mol. The molecule has 0 spiro atoms. The summed E-state index contributed by atoms with van der Waals surface area (Å²) in [6, 6.07) is 12.7. The van der Waals surface area contributed by atoms with E-state index in [-0.39, 0.29) is 28.3 Å². The fourth-order valence-corrected chi connectivity index (χ4v) is 1.75. The highest BCUT2D eigenvalue weighted by Gasteiger charge is 2.18. The molecule has 0 aliphatic rings. The zero-order valence-corrected chi connectivity index (χ0v) is 11.0. The summed E-state index contributed by atoms with van der Waals surface area (Å²) in [5.74, 6) is 0.218. The van der Waals surface area contributed by atoms with Gasteiger partial charge in [0.15, 0.2) is 0 Å². The maximum atomic E-state index is 11.0. The van der Waals surface area contributed by atoms with Crippen LogP contribution in [0.25, 0.3) is 0 Å². The molecule has 0 unspecified atom stereocenters. The molecule has 2 aromatic carbocycles. The number of nitro groups is 1. The van der Waals surface area contributed by atoms with Crippen molar-refractivity contribution in [2.45, 2.75) is 6.92 Å². The topological polar surface area (TPSA) is 99.9 Å². The summed E-state index contributed by atoms with van der Waals surface area (Å²) >= 11 is 0. The average molecular weight is 279 g/mol. The van der Waals surface area contributed by atoms with Crippen molar-refractivity contribution < 1.29 is 9.66 Å². The summed E-state index contributed by atoms with van der Waals surface area (Å²) in [5, 5.41) is 28.9. The van der Waals surface area contributed by atoms with Gasteiger partial charge in [0.2, 0.25) is 5.75 Å². The van der Waals surface area contributed by atoms with Crippen LogP contribution in [0.4, 0.5) is 5.69 Å². The molecule has 0 saturated carbocycles. The van der Waals surface area contributed by atoms with Crippen LogP contribution in [-0.4, -0.2) is 4.92 Å². The minimum Gasteiger partial charge on any atom is -0.449 e. The van der Waals surface area contributed by atoms with Gasteiger partial charge in [-0.05, 0) is 36.8 Å². The van der Waals surface area contributed by atoms with Crippen LogP contribution in [-0.2, 0) is 0 Å². The van der Waals surface area contributed by atoms with Crippen LogP contribution in [0.15, 0.2) is 36.4 Å². The Kier molecular flexibility index (Phi) is 3.83. The Bertz CT molecular complexity index is 801. The number of nitro benzene ring substituents is 1. The molecule has 0 radical (unpaired) electrons. The predicted molar refractivity (Wildman–Crippen MR) is 73.8 cm³/mol. The molecule has 0 N–H and O–H groups in total. The van der Waals surface area contributed by atoms with Gasteiger partial charge >= 0.3 is 5.69 Å². The first-order chi connectivity index (χ1) is 10.0. The van der Waals surface area contributed by atoms with E-state index in [0.29, 0.717) is 0 Å². The summed E-state index contributed by atoms with van der Waals surface area (Å²) < 4.78 is 5.47. The zero-order valence-electron chi connectivity index (χ0n) is 11.0. The van der Waals surface area contributed by atoms with Gasteiger partial charge < -0.3 is 4.74 Å². The highest BCUT2D eigenvalue weighted by Crippen LogP contribution is 2.33. The second-order valence-electron chi connectivity index (χ2n) is 4.26. The lowest BCUT2D eigenvalue weighted by molar-refractivity contribution is -0.385. The van der Waals surface area contributed by atoms with Gasteiger partial charge in [-0.3, -0.25) is 10.1 Å². The second-order valence-corrected chi connectivity index (χ2v) is 4.26. The van der Waals surface area contributed by atoms with E-state index in [0.717, 1.165) is 11.6 Å². The summed E-state index contributed by atoms with van der Waals surface area (Å²) in [6.07, 6.45) is 0. The minimum absolute atomic E-state index is 0.0145. The van der Waals surface area contributed by atoms with Crippen LogP contribution in [0.2, 0.25) is 0 Å².